The van der Waals surface area contributed by atoms with Crippen LogP contribution in [-0.2, 0) is 5.41 Å². The normalized spacial score (nSPS) is 27.7. The summed E-state index contributed by atoms with van der Waals surface area (Å²) < 4.78 is 0. The average molecular weight is 184 g/mol. The maximum Gasteiger partial charge on any atom is 0.0668 e. The number of fused-ring (bicyclic) bond motifs is 2. The largest absolute Gasteiger partial charge is 0.390 e. The van der Waals surface area contributed by atoms with Crippen LogP contribution in [-0.4, -0.2) is 12.8 Å². The van der Waals surface area contributed by atoms with E-state index in [1.165, 1.54) is 5.56 Å². The van der Waals surface area contributed by atoms with Crippen molar-refractivity contribution in [2.75, 3.05) is 6.54 Å². The summed E-state index contributed by atoms with van der Waals surface area (Å²) in [5.41, 5.74) is 2.60. The van der Waals surface area contributed by atoms with Crippen LogP contribution in [0.2, 0.25) is 0 Å². The average Bonchev–Trinajstić information content (AvgIpc) is 2.60. The highest BCUT2D eigenvalue weighted by atomic mass is 14.9. The second kappa shape index (κ2) is 2.71. The van der Waals surface area contributed by atoms with Crippen LogP contribution < -0.4 is 5.32 Å². The lowest BCUT2D eigenvalue weighted by molar-refractivity contribution is 0.550. The van der Waals surface area contributed by atoms with Gasteiger partial charge in [0.2, 0.25) is 0 Å². The van der Waals surface area contributed by atoms with Crippen molar-refractivity contribution in [2.45, 2.75) is 11.8 Å². The monoisotopic (exact) mass is 184 g/mol. The number of nitrogens with one attached hydrogen (secondary N) is 1. The van der Waals surface area contributed by atoms with Crippen molar-refractivity contribution in [2.24, 2.45) is 4.99 Å². The maximum atomic E-state index is 4.48. The molecule has 1 aromatic rings. The van der Waals surface area contributed by atoms with Gasteiger partial charge in [-0.3, -0.25) is 4.99 Å². The molecule has 2 aliphatic rings. The zero-order chi connectivity index (χ0) is 9.43. The number of allylic oxidation sites excluding steroid dienone is 1. The Labute approximate surface area is 83.4 Å². The van der Waals surface area contributed by atoms with Crippen LogP contribution in [0.15, 0.2) is 41.5 Å². The third kappa shape index (κ3) is 0.939. The topological polar surface area (TPSA) is 24.4 Å². The summed E-state index contributed by atoms with van der Waals surface area (Å²) >= 11 is 0. The van der Waals surface area contributed by atoms with Gasteiger partial charge in [0.25, 0.3) is 0 Å². The first-order valence-electron chi connectivity index (χ1n) is 4.94. The van der Waals surface area contributed by atoms with E-state index in [0.29, 0.717) is 0 Å². The Bertz CT molecular complexity index is 420. The van der Waals surface area contributed by atoms with Gasteiger partial charge in [-0.2, -0.15) is 0 Å². The lowest BCUT2D eigenvalue weighted by atomic mass is 9.78. The van der Waals surface area contributed by atoms with Crippen molar-refractivity contribution in [3.63, 3.8) is 0 Å². The highest BCUT2D eigenvalue weighted by molar-refractivity contribution is 5.86. The van der Waals surface area contributed by atoms with E-state index in [2.05, 4.69) is 40.8 Å². The quantitative estimate of drug-likeness (QED) is 0.656. The van der Waals surface area contributed by atoms with Gasteiger partial charge in [-0.05, 0) is 24.3 Å². The summed E-state index contributed by atoms with van der Waals surface area (Å²) in [5.74, 6) is 0. The Morgan fingerprint density at radius 3 is 3.07 bits per heavy atom. The van der Waals surface area contributed by atoms with Gasteiger partial charge in [-0.1, -0.05) is 24.3 Å². The van der Waals surface area contributed by atoms with E-state index in [-0.39, 0.29) is 5.41 Å². The van der Waals surface area contributed by atoms with Crippen molar-refractivity contribution in [1.82, 2.24) is 5.32 Å². The molecule has 0 fully saturated rings. The molecule has 1 N–H and O–H groups in total. The molecule has 0 amide bonds. The highest BCUT2D eigenvalue weighted by Gasteiger charge is 2.35. The number of aliphatic imine (C=N–C) groups is 1. The first-order valence-corrected chi connectivity index (χ1v) is 4.94. The molecule has 3 rings (SSSR count). The molecule has 70 valence electrons. The van der Waals surface area contributed by atoms with Crippen LogP contribution in [0.3, 0.4) is 0 Å². The van der Waals surface area contributed by atoms with Crippen LogP contribution in [0.1, 0.15) is 12.0 Å². The Kier molecular flexibility index (Phi) is 1.51. The summed E-state index contributed by atoms with van der Waals surface area (Å²) in [6, 6.07) is 8.40. The molecule has 0 radical (unpaired) electrons. The van der Waals surface area contributed by atoms with Gasteiger partial charge in [0.1, 0.15) is 0 Å². The summed E-state index contributed by atoms with van der Waals surface area (Å²) in [5, 5.41) is 3.29. The Hall–Kier alpha value is -1.57. The van der Waals surface area contributed by atoms with Crippen LogP contribution >= 0.6 is 0 Å². The van der Waals surface area contributed by atoms with E-state index in [4.69, 9.17) is 0 Å². The SMILES string of the molecule is C1=CNCC2(C=Nc3ccccc32)C1. The number of nitrogens with zero attached hydrogens (tertiary/aromatic N) is 1. The molecule has 0 saturated carbocycles. The molecular weight excluding hydrogens is 172 g/mol. The van der Waals surface area contributed by atoms with Crippen molar-refractivity contribution in [3.8, 4) is 0 Å². The zero-order valence-corrected chi connectivity index (χ0v) is 7.90. The second-order valence-corrected chi connectivity index (χ2v) is 3.92. The molecule has 0 bridgehead atoms. The Morgan fingerprint density at radius 1 is 1.29 bits per heavy atom. The first kappa shape index (κ1) is 7.80. The third-order valence-electron chi connectivity index (χ3n) is 3.03. The molecule has 14 heavy (non-hydrogen) atoms. The van der Waals surface area contributed by atoms with E-state index < -0.39 is 0 Å². The van der Waals surface area contributed by atoms with Crippen LogP contribution in [0.5, 0.6) is 0 Å². The predicted octanol–water partition coefficient (Wildman–Crippen LogP) is 2.15. The summed E-state index contributed by atoms with van der Waals surface area (Å²) in [6.45, 7) is 0.962. The number of hydrogen-bond donors (Lipinski definition) is 1. The van der Waals surface area contributed by atoms with Crippen molar-refractivity contribution < 1.29 is 0 Å². The van der Waals surface area contributed by atoms with E-state index in [1.54, 1.807) is 0 Å². The molecule has 2 heterocycles. The predicted molar refractivity (Wildman–Crippen MR) is 58.0 cm³/mol. The molecule has 1 spiro atoms. The number of hydrogen-bond acceptors (Lipinski definition) is 2. The Morgan fingerprint density at radius 2 is 2.21 bits per heavy atom. The maximum absolute atomic E-state index is 4.48. The summed E-state index contributed by atoms with van der Waals surface area (Å²) in [6.07, 6.45) is 7.35. The van der Waals surface area contributed by atoms with E-state index in [9.17, 15) is 0 Å². The molecule has 2 aliphatic heterocycles. The van der Waals surface area contributed by atoms with Crippen LogP contribution in [0.4, 0.5) is 5.69 Å². The molecule has 0 aliphatic carbocycles. The molecule has 1 unspecified atom stereocenters. The molecule has 2 heteroatoms. The first-order chi connectivity index (χ1) is 6.91. The molecule has 0 aromatic heterocycles. The van der Waals surface area contributed by atoms with Crippen molar-refractivity contribution >= 4 is 11.9 Å². The molecule has 0 saturated heterocycles. The summed E-state index contributed by atoms with van der Waals surface area (Å²) in [4.78, 5) is 4.48. The second-order valence-electron chi connectivity index (χ2n) is 3.92. The molecule has 1 atom stereocenters. The minimum Gasteiger partial charge on any atom is -0.390 e. The van der Waals surface area contributed by atoms with Gasteiger partial charge in [0, 0.05) is 12.8 Å². The minimum absolute atomic E-state index is 0.116. The van der Waals surface area contributed by atoms with Gasteiger partial charge in [-0.15, -0.1) is 0 Å². The molecule has 1 aromatic carbocycles. The van der Waals surface area contributed by atoms with Gasteiger partial charge in [-0.25, -0.2) is 0 Å². The van der Waals surface area contributed by atoms with Crippen molar-refractivity contribution in [3.05, 3.63) is 42.1 Å². The number of para-hydroxylation sites is 1. The fourth-order valence-electron chi connectivity index (χ4n) is 2.24. The van der Waals surface area contributed by atoms with Gasteiger partial charge in [0.05, 0.1) is 11.1 Å². The van der Waals surface area contributed by atoms with Gasteiger partial charge in [0.15, 0.2) is 0 Å². The summed E-state index contributed by atoms with van der Waals surface area (Å²) in [7, 11) is 0. The van der Waals surface area contributed by atoms with E-state index in [0.717, 1.165) is 18.7 Å². The highest BCUT2D eigenvalue weighted by Crippen LogP contribution is 2.39. The van der Waals surface area contributed by atoms with Gasteiger partial charge < -0.3 is 5.32 Å². The number of rotatable bonds is 0. The molecule has 2 nitrogen and oxygen atoms in total. The lowest BCUT2D eigenvalue weighted by Crippen LogP contribution is -2.38. The fraction of sp³-hybridized carbons (Fsp3) is 0.250. The van der Waals surface area contributed by atoms with Crippen LogP contribution in [0.25, 0.3) is 0 Å². The van der Waals surface area contributed by atoms with E-state index in [1.807, 2.05) is 12.3 Å². The minimum atomic E-state index is 0.116. The van der Waals surface area contributed by atoms with Crippen LogP contribution in [0, 0.1) is 0 Å². The smallest absolute Gasteiger partial charge is 0.0668 e. The lowest BCUT2D eigenvalue weighted by Gasteiger charge is -2.29. The molecular formula is C12H12N2. The zero-order valence-electron chi connectivity index (χ0n) is 7.90. The number of benzene rings is 1. The standard InChI is InChI=1S/C12H12N2/c1-2-5-11-10(4-1)12(9-14-11)6-3-7-13-8-12/h1-5,7,9,13H,6,8H2. The third-order valence-corrected chi connectivity index (χ3v) is 3.03. The Balaban J connectivity index is 2.12. The van der Waals surface area contributed by atoms with Crippen molar-refractivity contribution in [1.29, 1.82) is 0 Å². The fourth-order valence-corrected chi connectivity index (χ4v) is 2.24. The van der Waals surface area contributed by atoms with Gasteiger partial charge >= 0.3 is 0 Å². The van der Waals surface area contributed by atoms with E-state index >= 15 is 0 Å².